The summed E-state index contributed by atoms with van der Waals surface area (Å²) >= 11 is 6.02. The number of nitrogens with one attached hydrogen (secondary N) is 1. The highest BCUT2D eigenvalue weighted by Crippen LogP contribution is 2.28. The minimum Gasteiger partial charge on any atom is -0.495 e. The SMILES string of the molecule is COC(=O)c1cncc(Nc2ccc(OC)c(Cl)c2)n1. The molecule has 1 N–H and O–H groups in total. The maximum atomic E-state index is 11.4. The topological polar surface area (TPSA) is 73.3 Å². The molecule has 1 aromatic heterocycles. The zero-order chi connectivity index (χ0) is 14.5. The van der Waals surface area contributed by atoms with Crippen LogP contribution < -0.4 is 10.1 Å². The molecule has 0 fully saturated rings. The van der Waals surface area contributed by atoms with Crippen molar-refractivity contribution in [3.63, 3.8) is 0 Å². The summed E-state index contributed by atoms with van der Waals surface area (Å²) in [6, 6.07) is 5.19. The molecule has 104 valence electrons. The van der Waals surface area contributed by atoms with Crippen molar-refractivity contribution >= 4 is 29.1 Å². The van der Waals surface area contributed by atoms with E-state index in [-0.39, 0.29) is 5.69 Å². The van der Waals surface area contributed by atoms with Gasteiger partial charge in [0.2, 0.25) is 0 Å². The van der Waals surface area contributed by atoms with Crippen LogP contribution >= 0.6 is 11.6 Å². The summed E-state index contributed by atoms with van der Waals surface area (Å²) in [5.74, 6) is 0.439. The van der Waals surface area contributed by atoms with Crippen molar-refractivity contribution in [2.24, 2.45) is 0 Å². The Morgan fingerprint density at radius 3 is 2.75 bits per heavy atom. The lowest BCUT2D eigenvalue weighted by atomic mass is 10.3. The van der Waals surface area contributed by atoms with Crippen LogP contribution in [0.4, 0.5) is 11.5 Å². The van der Waals surface area contributed by atoms with Crippen molar-refractivity contribution in [2.75, 3.05) is 19.5 Å². The van der Waals surface area contributed by atoms with E-state index in [1.165, 1.54) is 19.5 Å². The van der Waals surface area contributed by atoms with Gasteiger partial charge in [-0.2, -0.15) is 0 Å². The van der Waals surface area contributed by atoms with E-state index in [2.05, 4.69) is 20.0 Å². The average molecular weight is 294 g/mol. The number of ether oxygens (including phenoxy) is 2. The summed E-state index contributed by atoms with van der Waals surface area (Å²) in [5, 5.41) is 3.46. The molecule has 1 aromatic carbocycles. The number of carbonyl (C=O) groups excluding carboxylic acids is 1. The van der Waals surface area contributed by atoms with Gasteiger partial charge in [-0.25, -0.2) is 9.78 Å². The van der Waals surface area contributed by atoms with Crippen LogP contribution in [0.25, 0.3) is 0 Å². The summed E-state index contributed by atoms with van der Waals surface area (Å²) in [5.41, 5.74) is 0.823. The molecular formula is C13H12ClN3O3. The van der Waals surface area contributed by atoms with Crippen molar-refractivity contribution in [1.82, 2.24) is 9.97 Å². The molecule has 0 bridgehead atoms. The molecule has 2 rings (SSSR count). The van der Waals surface area contributed by atoms with Gasteiger partial charge in [0.25, 0.3) is 0 Å². The van der Waals surface area contributed by atoms with Crippen molar-refractivity contribution in [2.45, 2.75) is 0 Å². The third-order valence-corrected chi connectivity index (χ3v) is 2.75. The largest absolute Gasteiger partial charge is 0.495 e. The lowest BCUT2D eigenvalue weighted by molar-refractivity contribution is 0.0593. The molecule has 0 saturated heterocycles. The van der Waals surface area contributed by atoms with Crippen LogP contribution in [0.5, 0.6) is 5.75 Å². The van der Waals surface area contributed by atoms with Crippen LogP contribution in [0, 0.1) is 0 Å². The second-order valence-corrected chi connectivity index (χ2v) is 4.16. The van der Waals surface area contributed by atoms with Crippen molar-refractivity contribution in [1.29, 1.82) is 0 Å². The molecule has 0 aliphatic rings. The van der Waals surface area contributed by atoms with Crippen molar-refractivity contribution in [3.8, 4) is 5.75 Å². The number of hydrogen-bond acceptors (Lipinski definition) is 6. The number of benzene rings is 1. The maximum absolute atomic E-state index is 11.4. The van der Waals surface area contributed by atoms with Crippen molar-refractivity contribution < 1.29 is 14.3 Å². The fraction of sp³-hybridized carbons (Fsp3) is 0.154. The summed E-state index contributed by atoms with van der Waals surface area (Å²) in [4.78, 5) is 19.4. The lowest BCUT2D eigenvalue weighted by Gasteiger charge is -2.08. The minimum atomic E-state index is -0.547. The van der Waals surface area contributed by atoms with Crippen LogP contribution in [-0.2, 0) is 4.74 Å². The Bertz CT molecular complexity index is 634. The first-order valence-electron chi connectivity index (χ1n) is 5.65. The van der Waals surface area contributed by atoms with Gasteiger partial charge >= 0.3 is 5.97 Å². The van der Waals surface area contributed by atoms with Gasteiger partial charge in [0.15, 0.2) is 5.69 Å². The number of halogens is 1. The first kappa shape index (κ1) is 14.1. The molecule has 0 unspecified atom stereocenters. The van der Waals surface area contributed by atoms with Gasteiger partial charge < -0.3 is 14.8 Å². The van der Waals surface area contributed by atoms with Gasteiger partial charge in [0.05, 0.1) is 31.6 Å². The molecule has 1 heterocycles. The standard InChI is InChI=1S/C13H12ClN3O3/c1-19-11-4-3-8(5-9(11)14)16-12-7-15-6-10(17-12)13(18)20-2/h3-7H,1-2H3,(H,16,17). The Morgan fingerprint density at radius 2 is 2.10 bits per heavy atom. The number of esters is 1. The molecule has 0 saturated carbocycles. The average Bonchev–Trinajstić information content (AvgIpc) is 2.47. The fourth-order valence-corrected chi connectivity index (χ4v) is 1.78. The Morgan fingerprint density at radius 1 is 1.30 bits per heavy atom. The van der Waals surface area contributed by atoms with Gasteiger partial charge in [-0.15, -0.1) is 0 Å². The minimum absolute atomic E-state index is 0.122. The summed E-state index contributed by atoms with van der Waals surface area (Å²) in [7, 11) is 2.83. The molecule has 0 spiro atoms. The van der Waals surface area contributed by atoms with E-state index in [4.69, 9.17) is 16.3 Å². The highest BCUT2D eigenvalue weighted by atomic mass is 35.5. The van der Waals surface area contributed by atoms with Gasteiger partial charge in [-0.05, 0) is 18.2 Å². The zero-order valence-electron chi connectivity index (χ0n) is 10.9. The third-order valence-electron chi connectivity index (χ3n) is 2.45. The summed E-state index contributed by atoms with van der Waals surface area (Å²) in [6.45, 7) is 0. The Kier molecular flexibility index (Phi) is 4.37. The predicted molar refractivity (Wildman–Crippen MR) is 74.7 cm³/mol. The second kappa shape index (κ2) is 6.21. The van der Waals surface area contributed by atoms with Gasteiger partial charge in [0.1, 0.15) is 11.6 Å². The first-order valence-corrected chi connectivity index (χ1v) is 6.02. The molecule has 6 nitrogen and oxygen atoms in total. The molecule has 0 amide bonds. The normalized spacial score (nSPS) is 9.95. The second-order valence-electron chi connectivity index (χ2n) is 3.76. The van der Waals surface area contributed by atoms with Gasteiger partial charge in [-0.1, -0.05) is 11.6 Å². The number of hydrogen-bond donors (Lipinski definition) is 1. The Balaban J connectivity index is 2.21. The Labute approximate surface area is 120 Å². The highest BCUT2D eigenvalue weighted by molar-refractivity contribution is 6.32. The first-order chi connectivity index (χ1) is 9.63. The molecular weight excluding hydrogens is 282 g/mol. The van der Waals surface area contributed by atoms with Gasteiger partial charge in [0, 0.05) is 5.69 Å². The molecule has 20 heavy (non-hydrogen) atoms. The van der Waals surface area contributed by atoms with Crippen LogP contribution in [0.1, 0.15) is 10.5 Å². The van der Waals surface area contributed by atoms with E-state index >= 15 is 0 Å². The van der Waals surface area contributed by atoms with Crippen LogP contribution in [0.15, 0.2) is 30.6 Å². The lowest BCUT2D eigenvalue weighted by Crippen LogP contribution is -2.06. The van der Waals surface area contributed by atoms with E-state index < -0.39 is 5.97 Å². The van der Waals surface area contributed by atoms with E-state index in [1.807, 2.05) is 0 Å². The summed E-state index contributed by atoms with van der Waals surface area (Å²) in [6.07, 6.45) is 2.82. The Hall–Kier alpha value is -2.34. The number of methoxy groups -OCH3 is 2. The highest BCUT2D eigenvalue weighted by Gasteiger charge is 2.09. The number of nitrogens with zero attached hydrogens (tertiary/aromatic N) is 2. The molecule has 2 aromatic rings. The van der Waals surface area contributed by atoms with E-state index in [1.54, 1.807) is 25.3 Å². The molecule has 0 aliphatic heterocycles. The number of aromatic nitrogens is 2. The number of rotatable bonds is 4. The fourth-order valence-electron chi connectivity index (χ4n) is 1.52. The maximum Gasteiger partial charge on any atom is 0.358 e. The van der Waals surface area contributed by atoms with Crippen LogP contribution in [-0.4, -0.2) is 30.2 Å². The number of anilines is 2. The molecule has 7 heteroatoms. The quantitative estimate of drug-likeness (QED) is 0.874. The zero-order valence-corrected chi connectivity index (χ0v) is 11.6. The summed E-state index contributed by atoms with van der Waals surface area (Å²) < 4.78 is 9.65. The van der Waals surface area contributed by atoms with Crippen LogP contribution in [0.2, 0.25) is 5.02 Å². The van der Waals surface area contributed by atoms with E-state index in [9.17, 15) is 4.79 Å². The molecule has 0 radical (unpaired) electrons. The van der Waals surface area contributed by atoms with Gasteiger partial charge in [-0.3, -0.25) is 4.98 Å². The smallest absolute Gasteiger partial charge is 0.358 e. The predicted octanol–water partition coefficient (Wildman–Crippen LogP) is 2.67. The molecule has 0 atom stereocenters. The molecule has 0 aliphatic carbocycles. The van der Waals surface area contributed by atoms with Crippen LogP contribution in [0.3, 0.4) is 0 Å². The van der Waals surface area contributed by atoms with E-state index in [0.29, 0.717) is 22.3 Å². The number of carbonyl (C=O) groups is 1. The monoisotopic (exact) mass is 293 g/mol. The van der Waals surface area contributed by atoms with E-state index in [0.717, 1.165) is 0 Å². The third kappa shape index (κ3) is 3.16. The van der Waals surface area contributed by atoms with Crippen molar-refractivity contribution in [3.05, 3.63) is 41.3 Å².